The monoisotopic (exact) mass is 229 g/mol. The third-order valence-corrected chi connectivity index (χ3v) is 2.51. The van der Waals surface area contributed by atoms with E-state index in [2.05, 4.69) is 48.3 Å². The molecule has 1 aromatic rings. The molecule has 1 N–H and O–H groups in total. The van der Waals surface area contributed by atoms with Gasteiger partial charge >= 0.3 is 0 Å². The van der Waals surface area contributed by atoms with Gasteiger partial charge in [0.2, 0.25) is 5.91 Å². The molecule has 0 atom stereocenters. The summed E-state index contributed by atoms with van der Waals surface area (Å²) in [6.07, 6.45) is 2.07. The maximum Gasteiger partial charge on any atom is 0.220 e. The molecule has 2 nitrogen and oxygen atoms in total. The first kappa shape index (κ1) is 13.3. The van der Waals surface area contributed by atoms with E-state index in [1.54, 1.807) is 6.92 Å². The Balaban J connectivity index is 2.23. The molecule has 0 radical (unpaired) electrons. The molecule has 0 saturated carbocycles. The van der Waals surface area contributed by atoms with Crippen LogP contribution in [0.1, 0.15) is 30.9 Å². The SMILES string of the molecule is CC#CCCNC(=O)CCc1ccc(C)cc1. The van der Waals surface area contributed by atoms with Crippen LogP contribution in [0.25, 0.3) is 0 Å². The first-order chi connectivity index (χ1) is 8.22. The lowest BCUT2D eigenvalue weighted by Crippen LogP contribution is -2.24. The number of rotatable bonds is 5. The van der Waals surface area contributed by atoms with Gasteiger partial charge in [-0.05, 0) is 25.8 Å². The van der Waals surface area contributed by atoms with E-state index in [9.17, 15) is 4.79 Å². The molecule has 0 fully saturated rings. The fraction of sp³-hybridized carbons (Fsp3) is 0.400. The van der Waals surface area contributed by atoms with Gasteiger partial charge in [0.25, 0.3) is 0 Å². The summed E-state index contributed by atoms with van der Waals surface area (Å²) in [5.74, 6) is 5.82. The second-order valence-electron chi connectivity index (χ2n) is 4.01. The molecule has 17 heavy (non-hydrogen) atoms. The topological polar surface area (TPSA) is 29.1 Å². The Morgan fingerprint density at radius 2 is 2.00 bits per heavy atom. The standard InChI is InChI=1S/C15H19NO/c1-3-4-5-12-16-15(17)11-10-14-8-6-13(2)7-9-14/h6-9H,5,10-12H2,1-2H3,(H,16,17). The number of carbonyl (C=O) groups excluding carboxylic acids is 1. The Kier molecular flexibility index (Phi) is 5.88. The lowest BCUT2D eigenvalue weighted by atomic mass is 10.1. The lowest BCUT2D eigenvalue weighted by molar-refractivity contribution is -0.121. The Bertz CT molecular complexity index is 409. The smallest absolute Gasteiger partial charge is 0.220 e. The molecular weight excluding hydrogens is 210 g/mol. The minimum Gasteiger partial charge on any atom is -0.355 e. The number of nitrogens with one attached hydrogen (secondary N) is 1. The van der Waals surface area contributed by atoms with Crippen LogP contribution in [0.4, 0.5) is 0 Å². The van der Waals surface area contributed by atoms with Crippen LogP contribution in [0.15, 0.2) is 24.3 Å². The highest BCUT2D eigenvalue weighted by atomic mass is 16.1. The van der Waals surface area contributed by atoms with E-state index in [1.807, 2.05) is 0 Å². The van der Waals surface area contributed by atoms with Gasteiger partial charge in [-0.25, -0.2) is 0 Å². The summed E-state index contributed by atoms with van der Waals surface area (Å²) in [6, 6.07) is 8.30. The average molecular weight is 229 g/mol. The van der Waals surface area contributed by atoms with E-state index in [-0.39, 0.29) is 5.91 Å². The molecular formula is C15H19NO. The van der Waals surface area contributed by atoms with E-state index in [0.29, 0.717) is 13.0 Å². The second kappa shape index (κ2) is 7.51. The highest BCUT2D eigenvalue weighted by molar-refractivity contribution is 5.76. The fourth-order valence-electron chi connectivity index (χ4n) is 1.49. The number of amides is 1. The predicted molar refractivity (Wildman–Crippen MR) is 70.6 cm³/mol. The van der Waals surface area contributed by atoms with E-state index in [4.69, 9.17) is 0 Å². The summed E-state index contributed by atoms with van der Waals surface area (Å²) in [7, 11) is 0. The zero-order chi connectivity index (χ0) is 12.5. The Hall–Kier alpha value is -1.75. The maximum atomic E-state index is 11.5. The molecule has 0 heterocycles. The maximum absolute atomic E-state index is 11.5. The van der Waals surface area contributed by atoms with Crippen molar-refractivity contribution in [2.75, 3.05) is 6.54 Å². The van der Waals surface area contributed by atoms with E-state index < -0.39 is 0 Å². The fourth-order valence-corrected chi connectivity index (χ4v) is 1.49. The lowest BCUT2D eigenvalue weighted by Gasteiger charge is -2.03. The molecule has 90 valence electrons. The van der Waals surface area contributed by atoms with Crippen LogP contribution in [-0.2, 0) is 11.2 Å². The molecule has 1 aromatic carbocycles. The molecule has 2 heteroatoms. The minimum atomic E-state index is 0.100. The summed E-state index contributed by atoms with van der Waals surface area (Å²) < 4.78 is 0. The number of benzene rings is 1. The van der Waals surface area contributed by atoms with Gasteiger partial charge in [0, 0.05) is 19.4 Å². The molecule has 0 aromatic heterocycles. The van der Waals surface area contributed by atoms with Gasteiger partial charge in [-0.15, -0.1) is 11.8 Å². The van der Waals surface area contributed by atoms with E-state index in [1.165, 1.54) is 11.1 Å². The summed E-state index contributed by atoms with van der Waals surface area (Å²) >= 11 is 0. The largest absolute Gasteiger partial charge is 0.355 e. The Morgan fingerprint density at radius 3 is 2.65 bits per heavy atom. The molecule has 0 aliphatic rings. The number of carbonyl (C=O) groups is 1. The molecule has 0 bridgehead atoms. The van der Waals surface area contributed by atoms with Crippen molar-refractivity contribution in [3.05, 3.63) is 35.4 Å². The van der Waals surface area contributed by atoms with Crippen LogP contribution in [0.5, 0.6) is 0 Å². The summed E-state index contributed by atoms with van der Waals surface area (Å²) in [5.41, 5.74) is 2.45. The molecule has 1 rings (SSSR count). The molecule has 0 saturated heterocycles. The van der Waals surface area contributed by atoms with Crippen LogP contribution >= 0.6 is 0 Å². The first-order valence-electron chi connectivity index (χ1n) is 5.94. The van der Waals surface area contributed by atoms with E-state index >= 15 is 0 Å². The minimum absolute atomic E-state index is 0.100. The van der Waals surface area contributed by atoms with Gasteiger partial charge in [-0.3, -0.25) is 4.79 Å². The third-order valence-electron chi connectivity index (χ3n) is 2.51. The van der Waals surface area contributed by atoms with Gasteiger partial charge in [-0.2, -0.15) is 0 Å². The van der Waals surface area contributed by atoms with Crippen molar-refractivity contribution in [1.29, 1.82) is 0 Å². The molecule has 0 unspecified atom stereocenters. The van der Waals surface area contributed by atoms with Crippen molar-refractivity contribution >= 4 is 5.91 Å². The summed E-state index contributed by atoms with van der Waals surface area (Å²) in [5, 5.41) is 2.86. The first-order valence-corrected chi connectivity index (χ1v) is 5.94. The molecule has 1 amide bonds. The van der Waals surface area contributed by atoms with Crippen molar-refractivity contribution in [3.8, 4) is 11.8 Å². The summed E-state index contributed by atoms with van der Waals surface area (Å²) in [4.78, 5) is 11.5. The molecule has 0 aliphatic heterocycles. The molecule has 0 aliphatic carbocycles. The predicted octanol–water partition coefficient (Wildman–Crippen LogP) is 2.46. The van der Waals surface area contributed by atoms with Crippen LogP contribution in [0.2, 0.25) is 0 Å². The number of hydrogen-bond acceptors (Lipinski definition) is 1. The third kappa shape index (κ3) is 5.77. The normalized spacial score (nSPS) is 9.29. The zero-order valence-corrected chi connectivity index (χ0v) is 10.5. The van der Waals surface area contributed by atoms with Crippen LogP contribution in [-0.4, -0.2) is 12.5 Å². The second-order valence-corrected chi connectivity index (χ2v) is 4.01. The highest BCUT2D eigenvalue weighted by Crippen LogP contribution is 2.05. The van der Waals surface area contributed by atoms with Crippen molar-refractivity contribution in [2.45, 2.75) is 33.1 Å². The van der Waals surface area contributed by atoms with Crippen LogP contribution in [0.3, 0.4) is 0 Å². The van der Waals surface area contributed by atoms with Gasteiger partial charge in [-0.1, -0.05) is 29.8 Å². The average Bonchev–Trinajstić information content (AvgIpc) is 2.34. The van der Waals surface area contributed by atoms with Crippen molar-refractivity contribution < 1.29 is 4.79 Å². The Labute approximate surface area is 103 Å². The van der Waals surface area contributed by atoms with Crippen LogP contribution in [0, 0.1) is 18.8 Å². The summed E-state index contributed by atoms with van der Waals surface area (Å²) in [6.45, 7) is 4.51. The number of hydrogen-bond donors (Lipinski definition) is 1. The van der Waals surface area contributed by atoms with Gasteiger partial charge in [0.05, 0.1) is 0 Å². The quantitative estimate of drug-likeness (QED) is 0.610. The molecule has 0 spiro atoms. The van der Waals surface area contributed by atoms with Crippen molar-refractivity contribution in [1.82, 2.24) is 5.32 Å². The van der Waals surface area contributed by atoms with E-state index in [0.717, 1.165) is 12.8 Å². The van der Waals surface area contributed by atoms with Crippen LogP contribution < -0.4 is 5.32 Å². The van der Waals surface area contributed by atoms with Crippen molar-refractivity contribution in [2.24, 2.45) is 0 Å². The number of aryl methyl sites for hydroxylation is 2. The zero-order valence-electron chi connectivity index (χ0n) is 10.5. The Morgan fingerprint density at radius 1 is 1.29 bits per heavy atom. The van der Waals surface area contributed by atoms with Gasteiger partial charge in [0.15, 0.2) is 0 Å². The van der Waals surface area contributed by atoms with Crippen molar-refractivity contribution in [3.63, 3.8) is 0 Å². The van der Waals surface area contributed by atoms with Gasteiger partial charge in [0.1, 0.15) is 0 Å². The van der Waals surface area contributed by atoms with Gasteiger partial charge < -0.3 is 5.32 Å². The highest BCUT2D eigenvalue weighted by Gasteiger charge is 2.00.